The number of rotatable bonds is 1. The maximum atomic E-state index is 13.6. The molecule has 1 nitrogen and oxygen atoms in total. The highest BCUT2D eigenvalue weighted by molar-refractivity contribution is 6.03. The van der Waals surface area contributed by atoms with Crippen LogP contribution in [0.15, 0.2) is 47.6 Å². The highest BCUT2D eigenvalue weighted by atomic mass is 19.4. The molecular weight excluding hydrogens is 277 g/mol. The molecule has 0 heterocycles. The van der Waals surface area contributed by atoms with Gasteiger partial charge in [-0.1, -0.05) is 24.3 Å². The molecule has 0 aromatic carbocycles. The predicted octanol–water partition coefficient (Wildman–Crippen LogP) is 4.53. The Morgan fingerprint density at radius 2 is 2.14 bits per heavy atom. The molecule has 0 N–H and O–H groups in total. The van der Waals surface area contributed by atoms with Crippen molar-refractivity contribution in [3.63, 3.8) is 0 Å². The van der Waals surface area contributed by atoms with Crippen molar-refractivity contribution in [2.45, 2.75) is 32.4 Å². The molecule has 0 aromatic heterocycles. The Morgan fingerprint density at radius 3 is 2.76 bits per heavy atom. The van der Waals surface area contributed by atoms with Crippen LogP contribution >= 0.6 is 0 Å². The van der Waals surface area contributed by atoms with Crippen LogP contribution in [0.5, 0.6) is 0 Å². The van der Waals surface area contributed by atoms with Gasteiger partial charge in [0.2, 0.25) is 0 Å². The van der Waals surface area contributed by atoms with Crippen molar-refractivity contribution in [3.8, 4) is 0 Å². The molecule has 3 aliphatic rings. The highest BCUT2D eigenvalue weighted by Gasteiger charge is 2.60. The summed E-state index contributed by atoms with van der Waals surface area (Å²) in [7, 11) is 0. The van der Waals surface area contributed by atoms with Crippen LogP contribution in [0.3, 0.4) is 0 Å². The van der Waals surface area contributed by atoms with Gasteiger partial charge in [0.1, 0.15) is 0 Å². The van der Waals surface area contributed by atoms with Crippen molar-refractivity contribution in [2.24, 2.45) is 17.3 Å². The zero-order valence-corrected chi connectivity index (χ0v) is 11.8. The van der Waals surface area contributed by atoms with E-state index in [-0.39, 0.29) is 11.7 Å². The lowest BCUT2D eigenvalue weighted by Gasteiger charge is -2.43. The first-order valence-electron chi connectivity index (χ1n) is 7.16. The van der Waals surface area contributed by atoms with Gasteiger partial charge in [-0.3, -0.25) is 4.79 Å². The molecule has 0 amide bonds. The van der Waals surface area contributed by atoms with Gasteiger partial charge in [0.25, 0.3) is 0 Å². The lowest BCUT2D eigenvalue weighted by molar-refractivity contribution is -0.123. The van der Waals surface area contributed by atoms with E-state index in [1.807, 2.05) is 0 Å². The standard InChI is InChI=1S/C17H17F3O/c1-3-11-8-13-10(2)15(21)12-6-4-5-7-16(12,13)14(9-11)17(18,19)20/h3,5,7,9,11-12H,1,4,6,8H2,2H3/t11-,12+,16-/m0/s1. The molecule has 3 rings (SSSR count). The quantitative estimate of drug-likeness (QED) is 0.649. The molecule has 0 aromatic rings. The molecular formula is C17H17F3O. The van der Waals surface area contributed by atoms with Crippen molar-refractivity contribution < 1.29 is 18.0 Å². The summed E-state index contributed by atoms with van der Waals surface area (Å²) < 4.78 is 40.9. The fourth-order valence-corrected chi connectivity index (χ4v) is 4.13. The Morgan fingerprint density at radius 1 is 1.43 bits per heavy atom. The first-order valence-corrected chi connectivity index (χ1v) is 7.16. The average molecular weight is 294 g/mol. The number of hydrogen-bond acceptors (Lipinski definition) is 1. The van der Waals surface area contributed by atoms with Gasteiger partial charge >= 0.3 is 6.18 Å². The number of carbonyl (C=O) groups is 1. The van der Waals surface area contributed by atoms with Gasteiger partial charge < -0.3 is 0 Å². The van der Waals surface area contributed by atoms with Crippen LogP contribution in [-0.4, -0.2) is 12.0 Å². The Balaban J connectivity index is 2.30. The maximum absolute atomic E-state index is 13.6. The van der Waals surface area contributed by atoms with Crippen LogP contribution in [0.1, 0.15) is 26.2 Å². The van der Waals surface area contributed by atoms with Crippen LogP contribution in [0.4, 0.5) is 13.2 Å². The van der Waals surface area contributed by atoms with Gasteiger partial charge in [0.15, 0.2) is 5.78 Å². The number of ketones is 1. The smallest absolute Gasteiger partial charge is 0.294 e. The van der Waals surface area contributed by atoms with E-state index in [0.29, 0.717) is 30.4 Å². The summed E-state index contributed by atoms with van der Waals surface area (Å²) in [5.74, 6) is -1.07. The maximum Gasteiger partial charge on any atom is 0.413 e. The van der Waals surface area contributed by atoms with E-state index < -0.39 is 23.1 Å². The third-order valence-corrected chi connectivity index (χ3v) is 5.06. The number of alkyl halides is 3. The van der Waals surface area contributed by atoms with Gasteiger partial charge in [0, 0.05) is 16.9 Å². The second-order valence-corrected chi connectivity index (χ2v) is 6.05. The van der Waals surface area contributed by atoms with E-state index in [1.54, 1.807) is 19.1 Å². The third-order valence-electron chi connectivity index (χ3n) is 5.06. The molecule has 0 saturated heterocycles. The zero-order valence-electron chi connectivity index (χ0n) is 11.8. The van der Waals surface area contributed by atoms with Crippen molar-refractivity contribution in [3.05, 3.63) is 47.6 Å². The molecule has 4 heteroatoms. The molecule has 112 valence electrons. The van der Waals surface area contributed by atoms with E-state index >= 15 is 0 Å². The normalized spacial score (nSPS) is 35.4. The van der Waals surface area contributed by atoms with E-state index in [0.717, 1.165) is 0 Å². The molecule has 0 saturated carbocycles. The Bertz CT molecular complexity index is 606. The fraction of sp³-hybridized carbons (Fsp3) is 0.471. The first-order chi connectivity index (χ1) is 9.82. The molecule has 0 unspecified atom stereocenters. The summed E-state index contributed by atoms with van der Waals surface area (Å²) >= 11 is 0. The van der Waals surface area contributed by atoms with E-state index in [4.69, 9.17) is 0 Å². The summed E-state index contributed by atoms with van der Waals surface area (Å²) in [5, 5.41) is 0. The van der Waals surface area contributed by atoms with Crippen molar-refractivity contribution in [1.29, 1.82) is 0 Å². The number of allylic oxidation sites excluding steroid dienone is 7. The largest absolute Gasteiger partial charge is 0.413 e. The van der Waals surface area contributed by atoms with Crippen LogP contribution in [0.2, 0.25) is 0 Å². The van der Waals surface area contributed by atoms with Crippen LogP contribution in [0, 0.1) is 17.3 Å². The number of halogens is 3. The molecule has 0 radical (unpaired) electrons. The second-order valence-electron chi connectivity index (χ2n) is 6.05. The zero-order chi connectivity index (χ0) is 15.4. The second kappa shape index (κ2) is 4.46. The van der Waals surface area contributed by atoms with E-state index in [9.17, 15) is 18.0 Å². The molecule has 0 aliphatic heterocycles. The van der Waals surface area contributed by atoms with E-state index in [2.05, 4.69) is 6.58 Å². The van der Waals surface area contributed by atoms with Gasteiger partial charge in [-0.05, 0) is 43.3 Å². The van der Waals surface area contributed by atoms with Gasteiger partial charge in [0.05, 0.1) is 0 Å². The molecule has 0 fully saturated rings. The lowest BCUT2D eigenvalue weighted by Crippen LogP contribution is -2.41. The van der Waals surface area contributed by atoms with Gasteiger partial charge in [-0.2, -0.15) is 13.2 Å². The summed E-state index contributed by atoms with van der Waals surface area (Å²) in [6, 6.07) is 0. The summed E-state index contributed by atoms with van der Waals surface area (Å²) in [6.45, 7) is 5.30. The Labute approximate surface area is 121 Å². The minimum absolute atomic E-state index is 0.116. The number of carbonyl (C=O) groups excluding carboxylic acids is 1. The first kappa shape index (κ1) is 14.4. The van der Waals surface area contributed by atoms with Crippen molar-refractivity contribution >= 4 is 5.78 Å². The van der Waals surface area contributed by atoms with Gasteiger partial charge in [-0.25, -0.2) is 0 Å². The number of hydrogen-bond donors (Lipinski definition) is 0. The minimum Gasteiger partial charge on any atom is -0.294 e. The Hall–Kier alpha value is -1.58. The number of Topliss-reactive ketones (excluding diaryl/α,β-unsaturated/α-hetero) is 1. The summed E-state index contributed by atoms with van der Waals surface area (Å²) in [6.07, 6.45) is 3.39. The van der Waals surface area contributed by atoms with Crippen molar-refractivity contribution in [2.75, 3.05) is 0 Å². The summed E-state index contributed by atoms with van der Waals surface area (Å²) in [5.41, 5.74) is -0.661. The molecule has 1 spiro atoms. The van der Waals surface area contributed by atoms with Crippen LogP contribution in [-0.2, 0) is 4.79 Å². The van der Waals surface area contributed by atoms with Crippen LogP contribution < -0.4 is 0 Å². The predicted molar refractivity (Wildman–Crippen MR) is 74.4 cm³/mol. The average Bonchev–Trinajstić information content (AvgIpc) is 2.66. The molecule has 3 atom stereocenters. The topological polar surface area (TPSA) is 17.1 Å². The van der Waals surface area contributed by atoms with Crippen LogP contribution in [0.25, 0.3) is 0 Å². The molecule has 21 heavy (non-hydrogen) atoms. The monoisotopic (exact) mass is 294 g/mol. The minimum atomic E-state index is -4.43. The van der Waals surface area contributed by atoms with Gasteiger partial charge in [-0.15, -0.1) is 6.58 Å². The SMILES string of the molecule is C=C[C@@H]1C=C(C(F)(F)F)[C@@]23C=CCC[C@@H]2C(=O)C(C)=C3C1. The third kappa shape index (κ3) is 1.81. The lowest BCUT2D eigenvalue weighted by atomic mass is 9.59. The molecule has 3 aliphatic carbocycles. The fourth-order valence-electron chi connectivity index (χ4n) is 4.13. The molecule has 0 bridgehead atoms. The highest BCUT2D eigenvalue weighted by Crippen LogP contribution is 2.62. The Kier molecular flexibility index (Phi) is 3.05. The van der Waals surface area contributed by atoms with E-state index in [1.165, 1.54) is 12.2 Å². The summed E-state index contributed by atoms with van der Waals surface area (Å²) in [4.78, 5) is 12.5. The van der Waals surface area contributed by atoms with Crippen molar-refractivity contribution in [1.82, 2.24) is 0 Å².